The minimum absolute atomic E-state index is 0.0678. The molecule has 1 aromatic heterocycles. The van der Waals surface area contributed by atoms with Crippen LogP contribution in [0, 0.1) is 0 Å². The topological polar surface area (TPSA) is 85.2 Å². The van der Waals surface area contributed by atoms with Crippen LogP contribution in [0.5, 0.6) is 5.75 Å². The predicted molar refractivity (Wildman–Crippen MR) is 132 cm³/mol. The van der Waals surface area contributed by atoms with Crippen LogP contribution in [-0.2, 0) is 17.9 Å². The summed E-state index contributed by atoms with van der Waals surface area (Å²) in [4.78, 5) is 30.3. The van der Waals surface area contributed by atoms with Crippen LogP contribution < -0.4 is 15.4 Å². The number of methoxy groups -OCH3 is 1. The van der Waals surface area contributed by atoms with E-state index < -0.39 is 6.04 Å². The number of carbonyl (C=O) groups excluding carboxylic acids is 2. The van der Waals surface area contributed by atoms with Crippen molar-refractivity contribution in [2.24, 2.45) is 0 Å². The molecule has 2 N–H and O–H groups in total. The molecule has 34 heavy (non-hydrogen) atoms. The maximum atomic E-state index is 12.8. The van der Waals surface area contributed by atoms with E-state index in [2.05, 4.69) is 10.6 Å². The Balaban J connectivity index is 1.51. The second-order valence-corrected chi connectivity index (χ2v) is 8.25. The summed E-state index contributed by atoms with van der Waals surface area (Å²) in [5, 5.41) is 6.27. The van der Waals surface area contributed by atoms with E-state index in [1.807, 2.05) is 60.0 Å². The smallest absolute Gasteiger partial charge is 0.253 e. The monoisotopic (exact) mass is 476 g/mol. The normalized spacial score (nSPS) is 11.7. The van der Waals surface area contributed by atoms with Gasteiger partial charge in [0.2, 0.25) is 5.91 Å². The molecule has 174 valence electrons. The molecule has 7 nitrogen and oxygen atoms in total. The van der Waals surface area contributed by atoms with E-state index in [4.69, 9.17) is 21.3 Å². The van der Waals surface area contributed by atoms with Crippen LogP contribution >= 0.6 is 11.6 Å². The molecule has 0 aliphatic carbocycles. The number of benzene rings is 3. The Bertz CT molecular complexity index is 1320. The number of fused-ring (bicyclic) bond motifs is 1. The van der Waals surface area contributed by atoms with E-state index >= 15 is 0 Å². The van der Waals surface area contributed by atoms with E-state index in [9.17, 15) is 9.59 Å². The molecule has 0 fully saturated rings. The quantitative estimate of drug-likeness (QED) is 0.392. The maximum Gasteiger partial charge on any atom is 0.253 e. The van der Waals surface area contributed by atoms with Gasteiger partial charge in [0.25, 0.3) is 5.91 Å². The number of carbonyl (C=O) groups is 2. The number of hydrogen-bond donors (Lipinski definition) is 2. The van der Waals surface area contributed by atoms with Gasteiger partial charge in [-0.25, -0.2) is 4.98 Å². The second-order valence-electron chi connectivity index (χ2n) is 7.84. The molecule has 0 radical (unpaired) electrons. The van der Waals surface area contributed by atoms with Gasteiger partial charge in [0.1, 0.15) is 18.1 Å². The van der Waals surface area contributed by atoms with Gasteiger partial charge in [-0.2, -0.15) is 0 Å². The predicted octanol–water partition coefficient (Wildman–Crippen LogP) is 4.51. The first-order valence-electron chi connectivity index (χ1n) is 10.9. The highest BCUT2D eigenvalue weighted by atomic mass is 35.5. The van der Waals surface area contributed by atoms with Gasteiger partial charge < -0.3 is 19.9 Å². The average molecular weight is 477 g/mol. The third-order valence-corrected chi connectivity index (χ3v) is 5.82. The SMILES string of the molecule is COc1ccc(CNC(=O)Cn2c(C(C)NC(=O)c3ccccc3Cl)nc3ccccc32)cc1. The van der Waals surface area contributed by atoms with Crippen molar-refractivity contribution >= 4 is 34.4 Å². The summed E-state index contributed by atoms with van der Waals surface area (Å²) in [7, 11) is 1.61. The summed E-state index contributed by atoms with van der Waals surface area (Å²) in [6, 6.07) is 21.5. The van der Waals surface area contributed by atoms with Crippen LogP contribution in [0.3, 0.4) is 0 Å². The molecular formula is C26H25ClN4O3. The average Bonchev–Trinajstić information content (AvgIpc) is 3.21. The van der Waals surface area contributed by atoms with E-state index in [1.165, 1.54) is 0 Å². The number of amides is 2. The van der Waals surface area contributed by atoms with Crippen LogP contribution in [-0.4, -0.2) is 28.5 Å². The first-order chi connectivity index (χ1) is 16.5. The fourth-order valence-corrected chi connectivity index (χ4v) is 3.94. The Kier molecular flexibility index (Phi) is 7.13. The van der Waals surface area contributed by atoms with E-state index in [-0.39, 0.29) is 18.4 Å². The Hall–Kier alpha value is -3.84. The molecule has 2 amide bonds. The van der Waals surface area contributed by atoms with Crippen molar-refractivity contribution in [1.82, 2.24) is 20.2 Å². The van der Waals surface area contributed by atoms with Crippen LogP contribution in [0.2, 0.25) is 5.02 Å². The minimum atomic E-state index is -0.453. The van der Waals surface area contributed by atoms with Crippen molar-refractivity contribution in [3.05, 3.63) is 94.8 Å². The summed E-state index contributed by atoms with van der Waals surface area (Å²) < 4.78 is 7.00. The van der Waals surface area contributed by atoms with Crippen molar-refractivity contribution in [2.75, 3.05) is 7.11 Å². The number of aromatic nitrogens is 2. The molecule has 0 aliphatic rings. The fraction of sp³-hybridized carbons (Fsp3) is 0.192. The summed E-state index contributed by atoms with van der Waals surface area (Å²) in [5.41, 5.74) is 2.91. The molecule has 3 aromatic carbocycles. The minimum Gasteiger partial charge on any atom is -0.497 e. The summed E-state index contributed by atoms with van der Waals surface area (Å²) in [6.07, 6.45) is 0. The molecule has 0 spiro atoms. The van der Waals surface area contributed by atoms with E-state index in [0.717, 1.165) is 22.3 Å². The van der Waals surface area contributed by atoms with Gasteiger partial charge in [0.15, 0.2) is 0 Å². The molecule has 4 rings (SSSR count). The zero-order chi connectivity index (χ0) is 24.1. The zero-order valence-corrected chi connectivity index (χ0v) is 19.7. The first-order valence-corrected chi connectivity index (χ1v) is 11.2. The lowest BCUT2D eigenvalue weighted by Gasteiger charge is -2.17. The van der Waals surface area contributed by atoms with E-state index in [1.54, 1.807) is 31.4 Å². The van der Waals surface area contributed by atoms with Gasteiger partial charge in [-0.3, -0.25) is 9.59 Å². The van der Waals surface area contributed by atoms with Crippen LogP contribution in [0.15, 0.2) is 72.8 Å². The summed E-state index contributed by atoms with van der Waals surface area (Å²) in [5.74, 6) is 0.879. The van der Waals surface area contributed by atoms with Crippen LogP contribution in [0.25, 0.3) is 11.0 Å². The Morgan fingerprint density at radius 2 is 1.74 bits per heavy atom. The number of imidazole rings is 1. The van der Waals surface area contributed by atoms with Crippen molar-refractivity contribution in [3.8, 4) is 5.75 Å². The highest BCUT2D eigenvalue weighted by Gasteiger charge is 2.21. The van der Waals surface area contributed by atoms with Crippen LogP contribution in [0.1, 0.15) is 34.7 Å². The van der Waals surface area contributed by atoms with Crippen molar-refractivity contribution in [1.29, 1.82) is 0 Å². The van der Waals surface area contributed by atoms with Gasteiger partial charge >= 0.3 is 0 Å². The molecule has 0 bridgehead atoms. The third-order valence-electron chi connectivity index (χ3n) is 5.49. The number of nitrogens with one attached hydrogen (secondary N) is 2. The molecule has 1 heterocycles. The highest BCUT2D eigenvalue weighted by molar-refractivity contribution is 6.33. The third kappa shape index (κ3) is 5.21. The number of para-hydroxylation sites is 2. The zero-order valence-electron chi connectivity index (χ0n) is 18.9. The Morgan fingerprint density at radius 1 is 1.03 bits per heavy atom. The Labute approximate surface area is 202 Å². The Morgan fingerprint density at radius 3 is 2.47 bits per heavy atom. The highest BCUT2D eigenvalue weighted by Crippen LogP contribution is 2.22. The van der Waals surface area contributed by atoms with Gasteiger partial charge in [-0.15, -0.1) is 0 Å². The maximum absolute atomic E-state index is 12.8. The number of hydrogen-bond acceptors (Lipinski definition) is 4. The molecule has 0 aliphatic heterocycles. The van der Waals surface area contributed by atoms with Crippen molar-refractivity contribution < 1.29 is 14.3 Å². The summed E-state index contributed by atoms with van der Waals surface area (Å²) in [6.45, 7) is 2.30. The van der Waals surface area contributed by atoms with Crippen LogP contribution in [0.4, 0.5) is 0 Å². The van der Waals surface area contributed by atoms with Crippen molar-refractivity contribution in [2.45, 2.75) is 26.1 Å². The molecule has 1 unspecified atom stereocenters. The van der Waals surface area contributed by atoms with E-state index in [0.29, 0.717) is 23.0 Å². The lowest BCUT2D eigenvalue weighted by atomic mass is 10.2. The number of nitrogens with zero attached hydrogens (tertiary/aromatic N) is 2. The largest absolute Gasteiger partial charge is 0.497 e. The number of rotatable bonds is 8. The van der Waals surface area contributed by atoms with Gasteiger partial charge in [0.05, 0.1) is 34.8 Å². The van der Waals surface area contributed by atoms with Gasteiger partial charge in [0, 0.05) is 6.54 Å². The van der Waals surface area contributed by atoms with Gasteiger partial charge in [-0.1, -0.05) is 48.0 Å². The standard InChI is InChI=1S/C26H25ClN4O3/c1-17(29-26(33)20-7-3-4-8-21(20)27)25-30-22-9-5-6-10-23(22)31(25)16-24(32)28-15-18-11-13-19(34-2)14-12-18/h3-14,17H,15-16H2,1-2H3,(H,28,32)(H,29,33). The second kappa shape index (κ2) is 10.4. The number of ether oxygens (including phenoxy) is 1. The lowest BCUT2D eigenvalue weighted by Crippen LogP contribution is -2.31. The lowest BCUT2D eigenvalue weighted by molar-refractivity contribution is -0.121. The number of halogens is 1. The van der Waals surface area contributed by atoms with Gasteiger partial charge in [-0.05, 0) is 48.9 Å². The first kappa shape index (κ1) is 23.3. The summed E-state index contributed by atoms with van der Waals surface area (Å²) >= 11 is 6.17. The molecule has 8 heteroatoms. The fourth-order valence-electron chi connectivity index (χ4n) is 3.72. The molecule has 0 saturated carbocycles. The molecular weight excluding hydrogens is 452 g/mol. The molecule has 4 aromatic rings. The molecule has 1 atom stereocenters. The molecule has 0 saturated heterocycles. The van der Waals surface area contributed by atoms with Crippen molar-refractivity contribution in [3.63, 3.8) is 0 Å².